The van der Waals surface area contributed by atoms with Gasteiger partial charge in [0, 0.05) is 29.6 Å². The molecule has 8 nitrogen and oxygen atoms in total. The third kappa shape index (κ3) is 9.07. The number of unbranched alkanes of at least 4 members (excludes halogenated alkanes) is 4. The Bertz CT molecular complexity index is 1410. The normalized spacial score (nSPS) is 10.9. The molecular formula is C33H41N7O. The highest BCUT2D eigenvalue weighted by Crippen LogP contribution is 2.16. The van der Waals surface area contributed by atoms with E-state index in [1.54, 1.807) is 4.68 Å². The molecule has 2 heterocycles. The highest BCUT2D eigenvalue weighted by molar-refractivity contribution is 5.94. The first-order valence-electron chi connectivity index (χ1n) is 14.7. The molecule has 2 aromatic heterocycles. The number of imidazole rings is 1. The highest BCUT2D eigenvalue weighted by Gasteiger charge is 2.09. The zero-order valence-corrected chi connectivity index (χ0v) is 24.1. The maximum Gasteiger partial charge on any atom is 0.251 e. The SMILES string of the molecule is C#Cc1ccc(Cn2c(CCCCCc3cn(CCNC(=O)c4ccc(CCCCC)cc4)nn3)cnc2N)cc1. The molecule has 8 heteroatoms. The molecule has 214 valence electrons. The average Bonchev–Trinajstić information content (AvgIpc) is 3.59. The molecule has 41 heavy (non-hydrogen) atoms. The Labute approximate surface area is 243 Å². The quantitative estimate of drug-likeness (QED) is 0.147. The lowest BCUT2D eigenvalue weighted by molar-refractivity contribution is 0.0952. The Morgan fingerprint density at radius 3 is 2.44 bits per heavy atom. The Morgan fingerprint density at radius 1 is 0.951 bits per heavy atom. The third-order valence-corrected chi connectivity index (χ3v) is 7.29. The van der Waals surface area contributed by atoms with Crippen LogP contribution in [0.2, 0.25) is 0 Å². The zero-order chi connectivity index (χ0) is 28.9. The summed E-state index contributed by atoms with van der Waals surface area (Å²) < 4.78 is 3.86. The summed E-state index contributed by atoms with van der Waals surface area (Å²) in [6.07, 6.45) is 18.9. The molecule has 0 bridgehead atoms. The molecule has 0 saturated heterocycles. The predicted octanol–water partition coefficient (Wildman–Crippen LogP) is 5.20. The lowest BCUT2D eigenvalue weighted by Gasteiger charge is -2.10. The van der Waals surface area contributed by atoms with E-state index in [-0.39, 0.29) is 5.91 Å². The molecule has 3 N–H and O–H groups in total. The van der Waals surface area contributed by atoms with Gasteiger partial charge in [0.25, 0.3) is 5.91 Å². The van der Waals surface area contributed by atoms with Gasteiger partial charge in [0.1, 0.15) is 0 Å². The number of terminal acetylenes is 1. The van der Waals surface area contributed by atoms with E-state index in [0.717, 1.165) is 61.0 Å². The number of amides is 1. The third-order valence-electron chi connectivity index (χ3n) is 7.29. The van der Waals surface area contributed by atoms with Crippen molar-refractivity contribution in [2.75, 3.05) is 12.3 Å². The number of rotatable bonds is 16. The Kier molecular flexibility index (Phi) is 11.1. The maximum absolute atomic E-state index is 12.5. The van der Waals surface area contributed by atoms with Crippen molar-refractivity contribution in [3.05, 3.63) is 94.6 Å². The lowest BCUT2D eigenvalue weighted by Crippen LogP contribution is -2.27. The van der Waals surface area contributed by atoms with Crippen molar-refractivity contribution in [1.29, 1.82) is 0 Å². The minimum Gasteiger partial charge on any atom is -0.369 e. The first-order chi connectivity index (χ1) is 20.1. The molecule has 0 unspecified atom stereocenters. The smallest absolute Gasteiger partial charge is 0.251 e. The van der Waals surface area contributed by atoms with Crippen LogP contribution >= 0.6 is 0 Å². The summed E-state index contributed by atoms with van der Waals surface area (Å²) in [4.78, 5) is 16.8. The summed E-state index contributed by atoms with van der Waals surface area (Å²) in [7, 11) is 0. The number of hydrogen-bond donors (Lipinski definition) is 2. The fourth-order valence-electron chi connectivity index (χ4n) is 4.84. The van der Waals surface area contributed by atoms with E-state index in [1.807, 2.05) is 48.8 Å². The standard InChI is InChI=1S/C33H41N7O/c1-3-5-7-10-27-17-19-29(20-18-27)32(41)35-21-22-39-25-30(37-38-39)11-8-6-9-12-31-23-36-33(34)40(31)24-28-15-13-26(4-2)14-16-28/h2,13-20,23,25H,3,5-12,21-22,24H2,1H3,(H2,34,36)(H,35,41). The Morgan fingerprint density at radius 2 is 1.68 bits per heavy atom. The largest absolute Gasteiger partial charge is 0.369 e. The number of aromatic nitrogens is 5. The fraction of sp³-hybridized carbons (Fsp3) is 0.394. The van der Waals surface area contributed by atoms with Crippen LogP contribution in [-0.4, -0.2) is 37.0 Å². The van der Waals surface area contributed by atoms with Crippen LogP contribution < -0.4 is 11.1 Å². The molecule has 0 radical (unpaired) electrons. The second kappa shape index (κ2) is 15.4. The van der Waals surface area contributed by atoms with Crippen molar-refractivity contribution in [1.82, 2.24) is 29.9 Å². The molecule has 0 fully saturated rings. The predicted molar refractivity (Wildman–Crippen MR) is 163 cm³/mol. The summed E-state index contributed by atoms with van der Waals surface area (Å²) in [5, 5.41) is 11.5. The minimum atomic E-state index is -0.0599. The number of nitrogens with zero attached hydrogens (tertiary/aromatic N) is 5. The second-order valence-corrected chi connectivity index (χ2v) is 10.5. The Hall–Kier alpha value is -4.38. The molecule has 0 saturated carbocycles. The van der Waals surface area contributed by atoms with E-state index < -0.39 is 0 Å². The number of aryl methyl sites for hydroxylation is 3. The number of nitrogen functional groups attached to an aromatic ring is 1. The second-order valence-electron chi connectivity index (χ2n) is 10.5. The van der Waals surface area contributed by atoms with Crippen LogP contribution in [0.25, 0.3) is 0 Å². The highest BCUT2D eigenvalue weighted by atomic mass is 16.1. The summed E-state index contributed by atoms with van der Waals surface area (Å²) in [5.74, 6) is 3.12. The summed E-state index contributed by atoms with van der Waals surface area (Å²) in [6, 6.07) is 15.9. The van der Waals surface area contributed by atoms with Crippen molar-refractivity contribution in [2.24, 2.45) is 0 Å². The molecule has 4 rings (SSSR count). The molecule has 0 spiro atoms. The number of carbonyl (C=O) groups is 1. The molecule has 1 amide bonds. The van der Waals surface area contributed by atoms with E-state index in [4.69, 9.17) is 12.2 Å². The van der Waals surface area contributed by atoms with Gasteiger partial charge in [-0.15, -0.1) is 11.5 Å². The van der Waals surface area contributed by atoms with Crippen molar-refractivity contribution < 1.29 is 4.79 Å². The fourth-order valence-corrected chi connectivity index (χ4v) is 4.84. The van der Waals surface area contributed by atoms with E-state index in [1.165, 1.54) is 24.8 Å². The van der Waals surface area contributed by atoms with Gasteiger partial charge < -0.3 is 15.6 Å². The van der Waals surface area contributed by atoms with Crippen LogP contribution in [0.5, 0.6) is 0 Å². The first-order valence-corrected chi connectivity index (χ1v) is 14.7. The number of hydrogen-bond acceptors (Lipinski definition) is 5. The number of benzene rings is 2. The van der Waals surface area contributed by atoms with Crippen molar-refractivity contribution >= 4 is 11.9 Å². The monoisotopic (exact) mass is 551 g/mol. The van der Waals surface area contributed by atoms with Crippen molar-refractivity contribution in [2.45, 2.75) is 77.8 Å². The minimum absolute atomic E-state index is 0.0599. The van der Waals surface area contributed by atoms with Gasteiger partial charge in [-0.3, -0.25) is 9.48 Å². The zero-order valence-electron chi connectivity index (χ0n) is 24.1. The van der Waals surface area contributed by atoms with Gasteiger partial charge >= 0.3 is 0 Å². The van der Waals surface area contributed by atoms with E-state index >= 15 is 0 Å². The summed E-state index contributed by atoms with van der Waals surface area (Å²) in [5.41, 5.74) is 12.2. The maximum atomic E-state index is 12.5. The van der Waals surface area contributed by atoms with Crippen molar-refractivity contribution in [3.63, 3.8) is 0 Å². The number of anilines is 1. The van der Waals surface area contributed by atoms with Crippen molar-refractivity contribution in [3.8, 4) is 12.3 Å². The van der Waals surface area contributed by atoms with E-state index in [9.17, 15) is 4.79 Å². The molecule has 0 atom stereocenters. The number of nitrogens with one attached hydrogen (secondary N) is 1. The van der Waals surface area contributed by atoms with Crippen LogP contribution in [0.1, 0.15) is 83.9 Å². The van der Waals surface area contributed by atoms with Crippen LogP contribution in [0, 0.1) is 12.3 Å². The van der Waals surface area contributed by atoms with Crippen LogP contribution in [0.15, 0.2) is 60.9 Å². The van der Waals surface area contributed by atoms with E-state index in [0.29, 0.717) is 31.1 Å². The van der Waals surface area contributed by atoms with Gasteiger partial charge in [-0.1, -0.05) is 61.6 Å². The lowest BCUT2D eigenvalue weighted by atomic mass is 10.1. The topological polar surface area (TPSA) is 104 Å². The van der Waals surface area contributed by atoms with E-state index in [2.05, 4.69) is 50.2 Å². The summed E-state index contributed by atoms with van der Waals surface area (Å²) in [6.45, 7) is 3.98. The van der Waals surface area contributed by atoms with Gasteiger partial charge in [-0.2, -0.15) is 0 Å². The van der Waals surface area contributed by atoms with Gasteiger partial charge in [-0.25, -0.2) is 4.98 Å². The van der Waals surface area contributed by atoms with Crippen LogP contribution in [0.3, 0.4) is 0 Å². The van der Waals surface area contributed by atoms with Gasteiger partial charge in [0.2, 0.25) is 5.95 Å². The number of carbonyl (C=O) groups excluding carboxylic acids is 1. The van der Waals surface area contributed by atoms with Gasteiger partial charge in [0.15, 0.2) is 0 Å². The van der Waals surface area contributed by atoms with Gasteiger partial charge in [0.05, 0.1) is 25.0 Å². The molecule has 4 aromatic rings. The average molecular weight is 552 g/mol. The van der Waals surface area contributed by atoms with Crippen LogP contribution in [0.4, 0.5) is 5.95 Å². The molecule has 2 aromatic carbocycles. The van der Waals surface area contributed by atoms with Crippen LogP contribution in [-0.2, 0) is 32.4 Å². The van der Waals surface area contributed by atoms with Gasteiger partial charge in [-0.05, 0) is 73.9 Å². The Balaban J connectivity index is 1.13. The summed E-state index contributed by atoms with van der Waals surface area (Å²) >= 11 is 0. The first kappa shape index (κ1) is 29.6. The molecular weight excluding hydrogens is 510 g/mol. The molecule has 0 aliphatic carbocycles. The number of nitrogens with two attached hydrogens (primary N) is 1. The molecule has 0 aliphatic rings. The molecule has 0 aliphatic heterocycles.